The first-order valence-electron chi connectivity index (χ1n) is 7.36. The third-order valence-corrected chi connectivity index (χ3v) is 4.69. The van der Waals surface area contributed by atoms with Gasteiger partial charge in [0, 0.05) is 5.69 Å². The summed E-state index contributed by atoms with van der Waals surface area (Å²) in [5.41, 5.74) is 2.16. The van der Waals surface area contributed by atoms with E-state index in [9.17, 15) is 18.0 Å². The zero-order valence-electron chi connectivity index (χ0n) is 13.4. The van der Waals surface area contributed by atoms with Gasteiger partial charge in [0.2, 0.25) is 0 Å². The Morgan fingerprint density at radius 2 is 1.88 bits per heavy atom. The number of hydrogen-bond acceptors (Lipinski definition) is 3. The van der Waals surface area contributed by atoms with Gasteiger partial charge in [-0.05, 0) is 49.2 Å². The van der Waals surface area contributed by atoms with E-state index in [4.69, 9.17) is 0 Å². The Labute approximate surface area is 145 Å². The number of amides is 2. The van der Waals surface area contributed by atoms with Crippen LogP contribution in [0.2, 0.25) is 0 Å². The van der Waals surface area contributed by atoms with Gasteiger partial charge >= 0.3 is 12.2 Å². The van der Waals surface area contributed by atoms with Crippen molar-refractivity contribution in [3.05, 3.63) is 53.1 Å². The molecule has 4 nitrogen and oxygen atoms in total. The zero-order valence-corrected chi connectivity index (χ0v) is 14.2. The van der Waals surface area contributed by atoms with Crippen molar-refractivity contribution in [2.24, 2.45) is 0 Å². The first-order valence-corrected chi connectivity index (χ1v) is 8.18. The van der Waals surface area contributed by atoms with E-state index in [1.807, 2.05) is 26.0 Å². The molecule has 0 aliphatic heterocycles. The number of thiazole rings is 1. The number of benzene rings is 2. The SMILES string of the molecule is Cc1ccc2sc(NC(=O)Nc3cccc(C(F)(F)F)c3)nc2c1C. The fourth-order valence-corrected chi connectivity index (χ4v) is 3.23. The number of nitrogens with one attached hydrogen (secondary N) is 2. The second-order valence-electron chi connectivity index (χ2n) is 5.53. The molecule has 0 bridgehead atoms. The predicted molar refractivity (Wildman–Crippen MR) is 93.2 cm³/mol. The van der Waals surface area contributed by atoms with E-state index in [1.165, 1.54) is 23.5 Å². The molecular weight excluding hydrogens is 351 g/mol. The average molecular weight is 365 g/mol. The fourth-order valence-electron chi connectivity index (χ4n) is 2.31. The number of carbonyl (C=O) groups is 1. The lowest BCUT2D eigenvalue weighted by Crippen LogP contribution is -2.19. The lowest BCUT2D eigenvalue weighted by atomic mass is 10.1. The highest BCUT2D eigenvalue weighted by Gasteiger charge is 2.30. The molecule has 8 heteroatoms. The molecule has 0 fully saturated rings. The molecule has 25 heavy (non-hydrogen) atoms. The molecule has 2 amide bonds. The van der Waals surface area contributed by atoms with E-state index in [2.05, 4.69) is 15.6 Å². The summed E-state index contributed by atoms with van der Waals surface area (Å²) in [4.78, 5) is 16.4. The van der Waals surface area contributed by atoms with Crippen LogP contribution in [0.25, 0.3) is 10.2 Å². The van der Waals surface area contributed by atoms with Gasteiger partial charge in [-0.2, -0.15) is 13.2 Å². The average Bonchev–Trinajstić information content (AvgIpc) is 2.93. The molecule has 2 N–H and O–H groups in total. The minimum absolute atomic E-state index is 0.0560. The van der Waals surface area contributed by atoms with Crippen molar-refractivity contribution in [1.29, 1.82) is 0 Å². The van der Waals surface area contributed by atoms with Gasteiger partial charge in [-0.1, -0.05) is 23.5 Å². The van der Waals surface area contributed by atoms with E-state index in [1.54, 1.807) is 0 Å². The second-order valence-corrected chi connectivity index (χ2v) is 6.56. The molecule has 1 heterocycles. The highest BCUT2D eigenvalue weighted by molar-refractivity contribution is 7.22. The monoisotopic (exact) mass is 365 g/mol. The topological polar surface area (TPSA) is 54.0 Å². The number of aromatic nitrogens is 1. The summed E-state index contributed by atoms with van der Waals surface area (Å²) in [6, 6.07) is 7.71. The third kappa shape index (κ3) is 3.74. The molecule has 0 aliphatic rings. The van der Waals surface area contributed by atoms with Gasteiger partial charge in [0.05, 0.1) is 15.8 Å². The van der Waals surface area contributed by atoms with E-state index in [0.29, 0.717) is 5.13 Å². The Kier molecular flexibility index (Phi) is 4.38. The van der Waals surface area contributed by atoms with Crippen molar-refractivity contribution < 1.29 is 18.0 Å². The number of alkyl halides is 3. The summed E-state index contributed by atoms with van der Waals surface area (Å²) in [6.07, 6.45) is -4.46. The van der Waals surface area contributed by atoms with Crippen molar-refractivity contribution >= 4 is 38.4 Å². The quantitative estimate of drug-likeness (QED) is 0.623. The second kappa shape index (κ2) is 6.36. The molecule has 0 spiro atoms. The van der Waals surface area contributed by atoms with E-state index >= 15 is 0 Å². The number of aryl methyl sites for hydroxylation is 2. The maximum Gasteiger partial charge on any atom is 0.416 e. The summed E-state index contributed by atoms with van der Waals surface area (Å²) in [7, 11) is 0. The molecule has 0 saturated carbocycles. The van der Waals surface area contributed by atoms with Crippen LogP contribution in [0.15, 0.2) is 36.4 Å². The van der Waals surface area contributed by atoms with Gasteiger partial charge in [0.15, 0.2) is 5.13 Å². The van der Waals surface area contributed by atoms with Gasteiger partial charge in [-0.25, -0.2) is 9.78 Å². The first-order chi connectivity index (χ1) is 11.7. The number of urea groups is 1. The van der Waals surface area contributed by atoms with Crippen LogP contribution >= 0.6 is 11.3 Å². The number of nitrogens with zero attached hydrogens (tertiary/aromatic N) is 1. The molecule has 130 valence electrons. The highest BCUT2D eigenvalue weighted by atomic mass is 32.1. The predicted octanol–water partition coefficient (Wildman–Crippen LogP) is 5.58. The van der Waals surface area contributed by atoms with E-state index in [0.717, 1.165) is 33.5 Å². The van der Waals surface area contributed by atoms with Crippen LogP contribution in [-0.4, -0.2) is 11.0 Å². The normalized spacial score (nSPS) is 11.6. The van der Waals surface area contributed by atoms with Crippen LogP contribution in [0.1, 0.15) is 16.7 Å². The maximum absolute atomic E-state index is 12.7. The summed E-state index contributed by atoms with van der Waals surface area (Å²) in [5.74, 6) is 0. The van der Waals surface area contributed by atoms with E-state index in [-0.39, 0.29) is 5.69 Å². The van der Waals surface area contributed by atoms with Gasteiger partial charge in [0.1, 0.15) is 0 Å². The standard InChI is InChI=1S/C17H14F3N3OS/c1-9-6-7-13-14(10(9)2)22-16(25-13)23-15(24)21-12-5-3-4-11(8-12)17(18,19)20/h3-8H,1-2H3,(H2,21,22,23,24). The zero-order chi connectivity index (χ0) is 18.2. The number of hydrogen-bond donors (Lipinski definition) is 2. The van der Waals surface area contributed by atoms with Crippen LogP contribution in [0, 0.1) is 13.8 Å². The van der Waals surface area contributed by atoms with Crippen molar-refractivity contribution in [2.75, 3.05) is 10.6 Å². The molecule has 1 aromatic heterocycles. The van der Waals surface area contributed by atoms with Crippen LogP contribution in [0.5, 0.6) is 0 Å². The Hall–Kier alpha value is -2.61. The number of rotatable bonds is 2. The Morgan fingerprint density at radius 3 is 2.60 bits per heavy atom. The molecule has 0 unspecified atom stereocenters. The minimum atomic E-state index is -4.46. The first kappa shape index (κ1) is 17.2. The number of anilines is 2. The fraction of sp³-hybridized carbons (Fsp3) is 0.176. The molecule has 3 aromatic rings. The third-order valence-electron chi connectivity index (χ3n) is 3.75. The smallest absolute Gasteiger partial charge is 0.308 e. The van der Waals surface area contributed by atoms with Crippen LogP contribution < -0.4 is 10.6 Å². The molecule has 3 rings (SSSR count). The summed E-state index contributed by atoms with van der Waals surface area (Å²) in [6.45, 7) is 3.92. The largest absolute Gasteiger partial charge is 0.416 e. The summed E-state index contributed by atoms with van der Waals surface area (Å²) < 4.78 is 39.0. The van der Waals surface area contributed by atoms with Crippen molar-refractivity contribution in [1.82, 2.24) is 4.98 Å². The highest BCUT2D eigenvalue weighted by Crippen LogP contribution is 2.31. The van der Waals surface area contributed by atoms with E-state index < -0.39 is 17.8 Å². The molecule has 2 aromatic carbocycles. The van der Waals surface area contributed by atoms with Crippen molar-refractivity contribution in [2.45, 2.75) is 20.0 Å². The Balaban J connectivity index is 1.76. The molecule has 0 radical (unpaired) electrons. The molecule has 0 aliphatic carbocycles. The number of fused-ring (bicyclic) bond motifs is 1. The Morgan fingerprint density at radius 1 is 1.12 bits per heavy atom. The lowest BCUT2D eigenvalue weighted by Gasteiger charge is -2.09. The van der Waals surface area contributed by atoms with Crippen molar-refractivity contribution in [3.63, 3.8) is 0 Å². The minimum Gasteiger partial charge on any atom is -0.308 e. The van der Waals surface area contributed by atoms with Crippen molar-refractivity contribution in [3.8, 4) is 0 Å². The summed E-state index contributed by atoms with van der Waals surface area (Å²) in [5, 5.41) is 5.33. The van der Waals surface area contributed by atoms with Gasteiger partial charge in [-0.3, -0.25) is 5.32 Å². The van der Waals surface area contributed by atoms with Crippen LogP contribution in [0.3, 0.4) is 0 Å². The number of halogens is 3. The van der Waals surface area contributed by atoms with Crippen LogP contribution in [0.4, 0.5) is 28.8 Å². The van der Waals surface area contributed by atoms with Gasteiger partial charge in [0.25, 0.3) is 0 Å². The Bertz CT molecular complexity index is 950. The lowest BCUT2D eigenvalue weighted by molar-refractivity contribution is -0.137. The molecule has 0 saturated heterocycles. The number of carbonyl (C=O) groups excluding carboxylic acids is 1. The van der Waals surface area contributed by atoms with Gasteiger partial charge in [-0.15, -0.1) is 0 Å². The molecule has 0 atom stereocenters. The summed E-state index contributed by atoms with van der Waals surface area (Å²) >= 11 is 1.30. The van der Waals surface area contributed by atoms with Gasteiger partial charge < -0.3 is 5.32 Å². The van der Waals surface area contributed by atoms with Crippen LogP contribution in [-0.2, 0) is 6.18 Å². The molecular formula is C17H14F3N3OS. The maximum atomic E-state index is 12.7.